The first-order chi connectivity index (χ1) is 16.1. The van der Waals surface area contributed by atoms with Gasteiger partial charge in [-0.05, 0) is 68.3 Å². The van der Waals surface area contributed by atoms with Gasteiger partial charge < -0.3 is 14.8 Å². The van der Waals surface area contributed by atoms with E-state index in [9.17, 15) is 13.2 Å². The summed E-state index contributed by atoms with van der Waals surface area (Å²) in [5.74, 6) is 0.796. The van der Waals surface area contributed by atoms with Gasteiger partial charge in [0.15, 0.2) is 0 Å². The third kappa shape index (κ3) is 5.96. The van der Waals surface area contributed by atoms with Gasteiger partial charge in [0.1, 0.15) is 11.5 Å². The minimum absolute atomic E-state index is 0.0502. The molecular weight excluding hydrogens is 452 g/mol. The molecule has 0 spiro atoms. The first-order valence-corrected chi connectivity index (χ1v) is 12.0. The number of nitrogens with one attached hydrogen (secondary N) is 2. The zero-order valence-corrected chi connectivity index (χ0v) is 20.6. The number of rotatable bonds is 8. The second-order valence-corrected chi connectivity index (χ2v) is 9.51. The van der Waals surface area contributed by atoms with Crippen LogP contribution in [0.3, 0.4) is 0 Å². The predicted octanol–water partition coefficient (Wildman–Crippen LogP) is 5.08. The maximum Gasteiger partial charge on any atom is 0.261 e. The van der Waals surface area contributed by atoms with E-state index in [0.717, 1.165) is 16.7 Å². The zero-order valence-electron chi connectivity index (χ0n) is 19.8. The third-order valence-corrected chi connectivity index (χ3v) is 6.62. The Bertz CT molecular complexity index is 1350. The lowest BCUT2D eigenvalue weighted by molar-refractivity contribution is -0.111. The summed E-state index contributed by atoms with van der Waals surface area (Å²) >= 11 is 0. The molecule has 0 aliphatic heterocycles. The van der Waals surface area contributed by atoms with Crippen LogP contribution >= 0.6 is 0 Å². The first kappa shape index (κ1) is 24.9. The summed E-state index contributed by atoms with van der Waals surface area (Å²) in [4.78, 5) is 12.6. The van der Waals surface area contributed by atoms with Crippen molar-refractivity contribution in [1.29, 1.82) is 0 Å². The van der Waals surface area contributed by atoms with Gasteiger partial charge >= 0.3 is 0 Å². The second-order valence-electron chi connectivity index (χ2n) is 7.83. The lowest BCUT2D eigenvalue weighted by atomic mass is 10.1. The van der Waals surface area contributed by atoms with Crippen molar-refractivity contribution in [2.75, 3.05) is 24.3 Å². The Morgan fingerprint density at radius 1 is 0.853 bits per heavy atom. The molecule has 8 heteroatoms. The van der Waals surface area contributed by atoms with Crippen LogP contribution in [-0.4, -0.2) is 28.5 Å². The Morgan fingerprint density at radius 2 is 1.62 bits per heavy atom. The van der Waals surface area contributed by atoms with Crippen LogP contribution in [0.1, 0.15) is 22.3 Å². The number of amides is 1. The summed E-state index contributed by atoms with van der Waals surface area (Å²) in [6, 6.07) is 15.4. The van der Waals surface area contributed by atoms with E-state index < -0.39 is 15.9 Å². The van der Waals surface area contributed by atoms with Gasteiger partial charge in [-0.15, -0.1) is 0 Å². The van der Waals surface area contributed by atoms with E-state index in [0.29, 0.717) is 28.4 Å². The van der Waals surface area contributed by atoms with Gasteiger partial charge in [-0.2, -0.15) is 0 Å². The van der Waals surface area contributed by atoms with Crippen molar-refractivity contribution in [2.24, 2.45) is 0 Å². The van der Waals surface area contributed by atoms with Crippen LogP contribution < -0.4 is 19.5 Å². The average Bonchev–Trinajstić information content (AvgIpc) is 2.80. The highest BCUT2D eigenvalue weighted by molar-refractivity contribution is 7.92. The number of anilines is 2. The molecule has 0 bridgehead atoms. The highest BCUT2D eigenvalue weighted by Crippen LogP contribution is 2.27. The number of aryl methyl sites for hydroxylation is 3. The van der Waals surface area contributed by atoms with Crippen molar-refractivity contribution in [2.45, 2.75) is 25.7 Å². The lowest BCUT2D eigenvalue weighted by Gasteiger charge is -2.13. The van der Waals surface area contributed by atoms with Crippen LogP contribution in [0, 0.1) is 20.8 Å². The Kier molecular flexibility index (Phi) is 7.63. The van der Waals surface area contributed by atoms with Gasteiger partial charge in [0.25, 0.3) is 10.0 Å². The molecule has 3 aromatic rings. The molecule has 0 aliphatic rings. The molecule has 1 amide bonds. The fourth-order valence-electron chi connectivity index (χ4n) is 3.33. The van der Waals surface area contributed by atoms with Crippen molar-refractivity contribution in [3.05, 3.63) is 82.9 Å². The largest absolute Gasteiger partial charge is 0.497 e. The number of sulfonamides is 1. The molecule has 3 rings (SSSR count). The molecule has 0 fully saturated rings. The minimum Gasteiger partial charge on any atom is -0.497 e. The van der Waals surface area contributed by atoms with Gasteiger partial charge in [0.05, 0.1) is 24.8 Å². The topological polar surface area (TPSA) is 93.7 Å². The Labute approximate surface area is 200 Å². The van der Waals surface area contributed by atoms with E-state index >= 15 is 0 Å². The van der Waals surface area contributed by atoms with E-state index in [2.05, 4.69) is 10.0 Å². The average molecular weight is 481 g/mol. The van der Waals surface area contributed by atoms with E-state index in [1.165, 1.54) is 25.3 Å². The van der Waals surface area contributed by atoms with Gasteiger partial charge in [0.2, 0.25) is 5.91 Å². The van der Waals surface area contributed by atoms with Crippen molar-refractivity contribution >= 4 is 33.4 Å². The quantitative estimate of drug-likeness (QED) is 0.439. The fourth-order valence-corrected chi connectivity index (χ4v) is 4.49. The molecule has 0 heterocycles. The van der Waals surface area contributed by atoms with Crippen molar-refractivity contribution < 1.29 is 22.7 Å². The predicted molar refractivity (Wildman–Crippen MR) is 135 cm³/mol. The van der Waals surface area contributed by atoms with Crippen LogP contribution in [0.25, 0.3) is 6.08 Å². The van der Waals surface area contributed by atoms with Crippen molar-refractivity contribution in [3.63, 3.8) is 0 Å². The molecule has 34 heavy (non-hydrogen) atoms. The summed E-state index contributed by atoms with van der Waals surface area (Å²) in [5, 5.41) is 2.75. The van der Waals surface area contributed by atoms with Crippen molar-refractivity contribution in [1.82, 2.24) is 0 Å². The summed E-state index contributed by atoms with van der Waals surface area (Å²) in [6.07, 6.45) is 2.98. The molecule has 0 aromatic heterocycles. The molecule has 0 saturated carbocycles. The monoisotopic (exact) mass is 480 g/mol. The summed E-state index contributed by atoms with van der Waals surface area (Å²) < 4.78 is 39.1. The Hall–Kier alpha value is -3.78. The number of carbonyl (C=O) groups is 1. The molecule has 0 unspecified atom stereocenters. The molecule has 3 aromatic carbocycles. The maximum absolute atomic E-state index is 13.0. The third-order valence-electron chi connectivity index (χ3n) is 5.26. The van der Waals surface area contributed by atoms with E-state index in [-0.39, 0.29) is 4.90 Å². The maximum atomic E-state index is 13.0. The van der Waals surface area contributed by atoms with E-state index in [4.69, 9.17) is 9.47 Å². The summed E-state index contributed by atoms with van der Waals surface area (Å²) in [6.45, 7) is 5.58. The van der Waals surface area contributed by atoms with Crippen molar-refractivity contribution in [3.8, 4) is 11.5 Å². The van der Waals surface area contributed by atoms with Crippen LogP contribution in [0.5, 0.6) is 11.5 Å². The van der Waals surface area contributed by atoms with Gasteiger partial charge in [-0.3, -0.25) is 9.52 Å². The molecule has 0 aliphatic carbocycles. The number of methoxy groups -OCH3 is 2. The summed E-state index contributed by atoms with van der Waals surface area (Å²) in [5.41, 5.74) is 4.20. The number of hydrogen-bond donors (Lipinski definition) is 2. The molecular formula is C26H28N2O5S. The number of benzene rings is 3. The van der Waals surface area contributed by atoms with Gasteiger partial charge in [0, 0.05) is 23.4 Å². The highest BCUT2D eigenvalue weighted by atomic mass is 32.2. The number of carbonyl (C=O) groups excluding carboxylic acids is 1. The number of ether oxygens (including phenoxy) is 2. The summed E-state index contributed by atoms with van der Waals surface area (Å²) in [7, 11) is -0.746. The molecule has 0 saturated heterocycles. The lowest BCUT2D eigenvalue weighted by Crippen LogP contribution is -2.15. The molecule has 0 radical (unpaired) electrons. The smallest absolute Gasteiger partial charge is 0.261 e. The second kappa shape index (κ2) is 10.4. The normalized spacial score (nSPS) is 11.3. The minimum atomic E-state index is -3.84. The van der Waals surface area contributed by atoms with Crippen LogP contribution in [0.2, 0.25) is 0 Å². The zero-order chi connectivity index (χ0) is 24.9. The standard InChI is InChI=1S/C26H28N2O5S/c1-17-6-12-23(19(3)14-17)28-34(30,31)22-11-7-18(2)24(16-22)27-26(29)13-9-20-8-10-21(32-4)15-25(20)33-5/h6-16,28H,1-5H3,(H,27,29). The molecule has 2 N–H and O–H groups in total. The Morgan fingerprint density at radius 3 is 2.29 bits per heavy atom. The van der Waals surface area contributed by atoms with Crippen LogP contribution in [-0.2, 0) is 14.8 Å². The van der Waals surface area contributed by atoms with Gasteiger partial charge in [-0.25, -0.2) is 8.42 Å². The van der Waals surface area contributed by atoms with Gasteiger partial charge in [-0.1, -0.05) is 23.8 Å². The molecule has 7 nitrogen and oxygen atoms in total. The Balaban J connectivity index is 1.79. The molecule has 0 atom stereocenters. The van der Waals surface area contributed by atoms with Crippen LogP contribution in [0.15, 0.2) is 65.6 Å². The van der Waals surface area contributed by atoms with E-state index in [1.54, 1.807) is 50.4 Å². The number of hydrogen-bond acceptors (Lipinski definition) is 5. The first-order valence-electron chi connectivity index (χ1n) is 10.5. The highest BCUT2D eigenvalue weighted by Gasteiger charge is 2.17. The van der Waals surface area contributed by atoms with Crippen LogP contribution in [0.4, 0.5) is 11.4 Å². The SMILES string of the molecule is COc1ccc(C=CC(=O)Nc2cc(S(=O)(=O)Nc3ccc(C)cc3C)ccc2C)c(OC)c1. The fraction of sp³-hybridized carbons (Fsp3) is 0.192. The molecule has 178 valence electrons. The van der Waals surface area contributed by atoms with E-state index in [1.807, 2.05) is 26.0 Å².